The average Bonchev–Trinajstić information content (AvgIpc) is 2.87. The maximum absolute atomic E-state index is 12.5. The molecule has 9 heteroatoms. The van der Waals surface area contributed by atoms with E-state index in [-0.39, 0.29) is 18.4 Å². The highest BCUT2D eigenvalue weighted by molar-refractivity contribution is 6.04. The fourth-order valence-electron chi connectivity index (χ4n) is 3.32. The van der Waals surface area contributed by atoms with Crippen LogP contribution in [0.5, 0.6) is 11.5 Å². The van der Waals surface area contributed by atoms with Crippen molar-refractivity contribution in [3.8, 4) is 11.5 Å². The van der Waals surface area contributed by atoms with E-state index in [1.165, 1.54) is 0 Å². The Labute approximate surface area is 199 Å². The van der Waals surface area contributed by atoms with Crippen molar-refractivity contribution in [3.05, 3.63) is 60.2 Å². The molecule has 2 atom stereocenters. The van der Waals surface area contributed by atoms with Gasteiger partial charge in [-0.15, -0.1) is 0 Å². The van der Waals surface area contributed by atoms with Gasteiger partial charge in [-0.25, -0.2) is 5.43 Å². The van der Waals surface area contributed by atoms with E-state index in [1.807, 2.05) is 49.4 Å². The summed E-state index contributed by atoms with van der Waals surface area (Å²) in [6.45, 7) is 3.36. The summed E-state index contributed by atoms with van der Waals surface area (Å²) >= 11 is 0. The van der Waals surface area contributed by atoms with Crippen LogP contribution in [0.4, 0.5) is 0 Å². The van der Waals surface area contributed by atoms with E-state index >= 15 is 0 Å². The van der Waals surface area contributed by atoms with Crippen molar-refractivity contribution < 1.29 is 24.2 Å². The number of carbonyl (C=O) groups is 2. The molecule has 0 aliphatic carbocycles. The number of nitrogens with one attached hydrogen (secondary N) is 3. The van der Waals surface area contributed by atoms with Gasteiger partial charge in [-0.3, -0.25) is 9.59 Å². The number of hydrogen-bond acceptors (Lipinski definition) is 7. The van der Waals surface area contributed by atoms with E-state index in [0.717, 1.165) is 11.3 Å². The first-order chi connectivity index (χ1) is 16.5. The molecular weight excluding hydrogens is 436 g/mol. The molecule has 1 heterocycles. The van der Waals surface area contributed by atoms with E-state index in [4.69, 9.17) is 9.47 Å². The Kier molecular flexibility index (Phi) is 9.87. The van der Waals surface area contributed by atoms with Gasteiger partial charge in [-0.1, -0.05) is 25.1 Å². The lowest BCUT2D eigenvalue weighted by Gasteiger charge is -2.18. The molecule has 9 nitrogen and oxygen atoms in total. The van der Waals surface area contributed by atoms with E-state index in [1.54, 1.807) is 12.1 Å². The minimum absolute atomic E-state index is 0.0797. The van der Waals surface area contributed by atoms with Crippen LogP contribution in [0.15, 0.2) is 59.7 Å². The highest BCUT2D eigenvalue weighted by Gasteiger charge is 2.18. The second-order valence-electron chi connectivity index (χ2n) is 7.91. The van der Waals surface area contributed by atoms with Crippen molar-refractivity contribution in [3.63, 3.8) is 0 Å². The summed E-state index contributed by atoms with van der Waals surface area (Å²) in [4.78, 5) is 23.7. The standard InChI is InChI=1S/C25H32N4O5/c1-2-23(34-21-10-8-18(9-11-21)22-12-13-24(31)29-28-22)25(32)27-15-14-26-16-19(30)17-33-20-6-4-3-5-7-20/h3-11,19,23,26,30H,2,12-17H2,1H3,(H,27,32)(H,29,31). The van der Waals surface area contributed by atoms with Gasteiger partial charge in [0.1, 0.15) is 24.2 Å². The summed E-state index contributed by atoms with van der Waals surface area (Å²) < 4.78 is 11.4. The maximum atomic E-state index is 12.5. The molecule has 0 bridgehead atoms. The molecule has 0 aromatic heterocycles. The number of benzene rings is 2. The van der Waals surface area contributed by atoms with Crippen molar-refractivity contribution in [2.45, 2.75) is 38.4 Å². The van der Waals surface area contributed by atoms with Gasteiger partial charge >= 0.3 is 0 Å². The van der Waals surface area contributed by atoms with Crippen LogP contribution in [0.25, 0.3) is 0 Å². The Bertz CT molecular complexity index is 950. The monoisotopic (exact) mass is 468 g/mol. The van der Waals surface area contributed by atoms with Crippen molar-refractivity contribution in [2.24, 2.45) is 5.10 Å². The second kappa shape index (κ2) is 13.3. The minimum Gasteiger partial charge on any atom is -0.491 e. The van der Waals surface area contributed by atoms with Gasteiger partial charge in [0.15, 0.2) is 6.10 Å². The van der Waals surface area contributed by atoms with Crippen molar-refractivity contribution >= 4 is 17.5 Å². The number of nitrogens with zero attached hydrogens (tertiary/aromatic N) is 1. The first kappa shape index (κ1) is 25.2. The molecule has 1 aliphatic rings. The highest BCUT2D eigenvalue weighted by atomic mass is 16.5. The highest BCUT2D eigenvalue weighted by Crippen LogP contribution is 2.18. The Morgan fingerprint density at radius 3 is 2.53 bits per heavy atom. The van der Waals surface area contributed by atoms with Crippen LogP contribution >= 0.6 is 0 Å². The van der Waals surface area contributed by atoms with Gasteiger partial charge in [-0.2, -0.15) is 5.10 Å². The number of carbonyl (C=O) groups excluding carboxylic acids is 2. The molecule has 34 heavy (non-hydrogen) atoms. The summed E-state index contributed by atoms with van der Waals surface area (Å²) in [5.41, 5.74) is 4.22. The number of hydrazone groups is 1. The number of hydrogen-bond donors (Lipinski definition) is 4. The minimum atomic E-state index is -0.651. The molecule has 182 valence electrons. The van der Waals surface area contributed by atoms with Crippen LogP contribution < -0.4 is 25.5 Å². The van der Waals surface area contributed by atoms with Crippen molar-refractivity contribution in [1.82, 2.24) is 16.1 Å². The molecule has 3 rings (SSSR count). The van der Waals surface area contributed by atoms with E-state index in [9.17, 15) is 14.7 Å². The molecule has 1 aliphatic heterocycles. The zero-order valence-corrected chi connectivity index (χ0v) is 19.3. The number of amides is 2. The molecule has 0 saturated heterocycles. The van der Waals surface area contributed by atoms with Gasteiger partial charge < -0.3 is 25.2 Å². The number of rotatable bonds is 13. The summed E-state index contributed by atoms with van der Waals surface area (Å²) in [5.74, 6) is 1.03. The van der Waals surface area contributed by atoms with Gasteiger partial charge in [0, 0.05) is 32.5 Å². The summed E-state index contributed by atoms with van der Waals surface area (Å²) in [5, 5.41) is 20.0. The average molecular weight is 469 g/mol. The molecule has 0 saturated carbocycles. The number of ether oxygens (including phenoxy) is 2. The largest absolute Gasteiger partial charge is 0.491 e. The fourth-order valence-corrected chi connectivity index (χ4v) is 3.32. The SMILES string of the molecule is CCC(Oc1ccc(C2=NNC(=O)CC2)cc1)C(=O)NCCNCC(O)COc1ccccc1. The normalized spacial score (nSPS) is 15.0. The number of para-hydroxylation sites is 1. The molecule has 2 aromatic carbocycles. The molecule has 2 amide bonds. The third-order valence-corrected chi connectivity index (χ3v) is 5.20. The van der Waals surface area contributed by atoms with Crippen LogP contribution in [0.2, 0.25) is 0 Å². The summed E-state index contributed by atoms with van der Waals surface area (Å²) in [7, 11) is 0. The Morgan fingerprint density at radius 2 is 1.85 bits per heavy atom. The molecular formula is C25H32N4O5. The van der Waals surface area contributed by atoms with E-state index in [2.05, 4.69) is 21.2 Å². The molecule has 4 N–H and O–H groups in total. The number of aliphatic hydroxyl groups excluding tert-OH is 1. The molecule has 2 aromatic rings. The maximum Gasteiger partial charge on any atom is 0.261 e. The molecule has 0 fully saturated rings. The second-order valence-corrected chi connectivity index (χ2v) is 7.91. The lowest BCUT2D eigenvalue weighted by molar-refractivity contribution is -0.128. The predicted octanol–water partition coefficient (Wildman–Crippen LogP) is 1.60. The summed E-state index contributed by atoms with van der Waals surface area (Å²) in [6.07, 6.45) is 0.278. The van der Waals surface area contributed by atoms with Crippen LogP contribution in [-0.2, 0) is 9.59 Å². The third-order valence-electron chi connectivity index (χ3n) is 5.20. The third kappa shape index (κ3) is 8.17. The van der Waals surface area contributed by atoms with Gasteiger partial charge in [0.05, 0.1) is 5.71 Å². The fraction of sp³-hybridized carbons (Fsp3) is 0.400. The van der Waals surface area contributed by atoms with Gasteiger partial charge in [-0.05, 0) is 48.4 Å². The van der Waals surface area contributed by atoms with Gasteiger partial charge in [0.25, 0.3) is 5.91 Å². The lowest BCUT2D eigenvalue weighted by Crippen LogP contribution is -2.42. The number of aliphatic hydroxyl groups is 1. The van der Waals surface area contributed by atoms with Crippen LogP contribution in [0.1, 0.15) is 31.7 Å². The van der Waals surface area contributed by atoms with Crippen LogP contribution in [0.3, 0.4) is 0 Å². The predicted molar refractivity (Wildman–Crippen MR) is 129 cm³/mol. The van der Waals surface area contributed by atoms with Crippen molar-refractivity contribution in [2.75, 3.05) is 26.2 Å². The first-order valence-corrected chi connectivity index (χ1v) is 11.5. The molecule has 2 unspecified atom stereocenters. The first-order valence-electron chi connectivity index (χ1n) is 11.5. The zero-order chi connectivity index (χ0) is 24.2. The Hall–Kier alpha value is -3.43. The van der Waals surface area contributed by atoms with Crippen LogP contribution in [-0.4, -0.2) is 61.1 Å². The quantitative estimate of drug-likeness (QED) is 0.332. The van der Waals surface area contributed by atoms with Gasteiger partial charge in [0.2, 0.25) is 5.91 Å². The zero-order valence-electron chi connectivity index (χ0n) is 19.3. The molecule has 0 spiro atoms. The summed E-state index contributed by atoms with van der Waals surface area (Å²) in [6, 6.07) is 16.7. The smallest absolute Gasteiger partial charge is 0.261 e. The van der Waals surface area contributed by atoms with E-state index < -0.39 is 12.2 Å². The Balaban J connectivity index is 1.34. The van der Waals surface area contributed by atoms with Crippen LogP contribution in [0, 0.1) is 0 Å². The molecule has 0 radical (unpaired) electrons. The van der Waals surface area contributed by atoms with Crippen molar-refractivity contribution in [1.29, 1.82) is 0 Å². The topological polar surface area (TPSA) is 121 Å². The lowest BCUT2D eigenvalue weighted by atomic mass is 10.0. The Morgan fingerprint density at radius 1 is 1.09 bits per heavy atom. The van der Waals surface area contributed by atoms with E-state index in [0.29, 0.717) is 50.4 Å².